The first-order valence-corrected chi connectivity index (χ1v) is 6.34. The van der Waals surface area contributed by atoms with Gasteiger partial charge < -0.3 is 10.5 Å². The lowest BCUT2D eigenvalue weighted by molar-refractivity contribution is 0.303. The number of hydrogen-bond acceptors (Lipinski definition) is 2. The summed E-state index contributed by atoms with van der Waals surface area (Å²) in [5, 5.41) is 7.34. The highest BCUT2D eigenvalue weighted by molar-refractivity contribution is 5.94. The monoisotopic (exact) mass is 254 g/mol. The molecule has 0 aliphatic rings. The van der Waals surface area contributed by atoms with Crippen LogP contribution in [-0.2, 0) is 13.0 Å². The van der Waals surface area contributed by atoms with E-state index in [1.807, 2.05) is 42.5 Å². The van der Waals surface area contributed by atoms with E-state index in [9.17, 15) is 0 Å². The van der Waals surface area contributed by atoms with Gasteiger partial charge in [0.2, 0.25) is 0 Å². The van der Waals surface area contributed by atoms with Crippen molar-refractivity contribution < 1.29 is 4.74 Å². The summed E-state index contributed by atoms with van der Waals surface area (Å²) in [4.78, 5) is 0. The van der Waals surface area contributed by atoms with Crippen LogP contribution in [0.4, 0.5) is 0 Å². The molecule has 2 aromatic carbocycles. The first-order chi connectivity index (χ1) is 9.20. The molecule has 3 N–H and O–H groups in total. The summed E-state index contributed by atoms with van der Waals surface area (Å²) in [7, 11) is 0. The van der Waals surface area contributed by atoms with Gasteiger partial charge in [-0.3, -0.25) is 5.41 Å². The van der Waals surface area contributed by atoms with Crippen LogP contribution in [0.25, 0.3) is 0 Å². The van der Waals surface area contributed by atoms with Gasteiger partial charge in [-0.15, -0.1) is 0 Å². The van der Waals surface area contributed by atoms with Gasteiger partial charge in [-0.1, -0.05) is 49.4 Å². The molecule has 19 heavy (non-hydrogen) atoms. The average molecular weight is 254 g/mol. The molecule has 0 amide bonds. The maximum absolute atomic E-state index is 7.34. The molecule has 0 aliphatic carbocycles. The molecule has 3 nitrogen and oxygen atoms in total. The summed E-state index contributed by atoms with van der Waals surface area (Å²) < 4.78 is 5.83. The van der Waals surface area contributed by atoms with Gasteiger partial charge in [-0.2, -0.15) is 0 Å². The second-order valence-corrected chi connectivity index (χ2v) is 4.36. The van der Waals surface area contributed by atoms with Crippen molar-refractivity contribution in [3.8, 4) is 5.75 Å². The van der Waals surface area contributed by atoms with Crippen LogP contribution in [0.15, 0.2) is 48.5 Å². The molecule has 0 aliphatic heterocycles. The highest BCUT2D eigenvalue weighted by Crippen LogP contribution is 2.19. The molecule has 98 valence electrons. The first kappa shape index (κ1) is 13.1. The highest BCUT2D eigenvalue weighted by Gasteiger charge is 2.02. The molecule has 0 fully saturated rings. The molecule has 0 radical (unpaired) electrons. The van der Waals surface area contributed by atoms with Gasteiger partial charge in [0.25, 0.3) is 0 Å². The summed E-state index contributed by atoms with van der Waals surface area (Å²) in [6, 6.07) is 15.6. The fourth-order valence-electron chi connectivity index (χ4n) is 1.88. The Labute approximate surface area is 113 Å². The second kappa shape index (κ2) is 6.05. The van der Waals surface area contributed by atoms with Crippen molar-refractivity contribution in [1.29, 1.82) is 5.41 Å². The second-order valence-electron chi connectivity index (χ2n) is 4.36. The predicted octanol–water partition coefficient (Wildman–Crippen LogP) is 3.11. The SMILES string of the molecule is CCc1ccccc1OCc1ccc(C(=N)N)cc1. The van der Waals surface area contributed by atoms with Gasteiger partial charge in [0.1, 0.15) is 18.2 Å². The quantitative estimate of drug-likeness (QED) is 0.636. The maximum Gasteiger partial charge on any atom is 0.122 e. The number of amidine groups is 1. The van der Waals surface area contributed by atoms with Crippen LogP contribution in [0.1, 0.15) is 23.6 Å². The number of rotatable bonds is 5. The fraction of sp³-hybridized carbons (Fsp3) is 0.188. The number of nitrogens with one attached hydrogen (secondary N) is 1. The molecule has 0 spiro atoms. The summed E-state index contributed by atoms with van der Waals surface area (Å²) in [6.45, 7) is 2.64. The lowest BCUT2D eigenvalue weighted by Gasteiger charge is -2.10. The van der Waals surface area contributed by atoms with E-state index in [-0.39, 0.29) is 5.84 Å². The fourth-order valence-corrected chi connectivity index (χ4v) is 1.88. The van der Waals surface area contributed by atoms with Crippen LogP contribution in [0, 0.1) is 5.41 Å². The first-order valence-electron chi connectivity index (χ1n) is 6.34. The Morgan fingerprint density at radius 1 is 1.11 bits per heavy atom. The van der Waals surface area contributed by atoms with Crippen molar-refractivity contribution >= 4 is 5.84 Å². The van der Waals surface area contributed by atoms with Crippen molar-refractivity contribution in [2.24, 2.45) is 5.73 Å². The summed E-state index contributed by atoms with van der Waals surface area (Å²) in [5.74, 6) is 1.02. The number of ether oxygens (including phenoxy) is 1. The zero-order chi connectivity index (χ0) is 13.7. The minimum absolute atomic E-state index is 0.0868. The number of aryl methyl sites for hydroxylation is 1. The molecule has 0 atom stereocenters. The van der Waals surface area contributed by atoms with Gasteiger partial charge in [-0.25, -0.2) is 0 Å². The molecule has 2 aromatic rings. The van der Waals surface area contributed by atoms with Crippen molar-refractivity contribution in [3.05, 3.63) is 65.2 Å². The van der Waals surface area contributed by atoms with E-state index in [4.69, 9.17) is 15.9 Å². The van der Waals surface area contributed by atoms with Gasteiger partial charge in [0.05, 0.1) is 0 Å². The predicted molar refractivity (Wildman–Crippen MR) is 77.6 cm³/mol. The molecule has 0 unspecified atom stereocenters. The van der Waals surface area contributed by atoms with Crippen LogP contribution in [0.3, 0.4) is 0 Å². The summed E-state index contributed by atoms with van der Waals surface area (Å²) >= 11 is 0. The van der Waals surface area contributed by atoms with E-state index in [0.717, 1.165) is 23.3 Å². The molecular formula is C16H18N2O. The van der Waals surface area contributed by atoms with Gasteiger partial charge in [0, 0.05) is 5.56 Å². The Hall–Kier alpha value is -2.29. The molecule has 0 saturated carbocycles. The molecule has 0 aromatic heterocycles. The van der Waals surface area contributed by atoms with Crippen molar-refractivity contribution in [2.75, 3.05) is 0 Å². The van der Waals surface area contributed by atoms with Crippen LogP contribution in [-0.4, -0.2) is 5.84 Å². The number of nitrogens with two attached hydrogens (primary N) is 1. The van der Waals surface area contributed by atoms with Gasteiger partial charge >= 0.3 is 0 Å². The molecule has 2 rings (SSSR count). The van der Waals surface area contributed by atoms with E-state index < -0.39 is 0 Å². The Bertz CT molecular complexity index is 561. The topological polar surface area (TPSA) is 59.1 Å². The van der Waals surface area contributed by atoms with Gasteiger partial charge in [-0.05, 0) is 23.6 Å². The Morgan fingerprint density at radius 3 is 2.42 bits per heavy atom. The van der Waals surface area contributed by atoms with Crippen molar-refractivity contribution in [1.82, 2.24) is 0 Å². The standard InChI is InChI=1S/C16H18N2O/c1-2-13-5-3-4-6-15(13)19-11-12-7-9-14(10-8-12)16(17)18/h3-10H,2,11H2,1H3,(H3,17,18). The molecular weight excluding hydrogens is 236 g/mol. The minimum atomic E-state index is 0.0868. The van der Waals surface area contributed by atoms with Crippen LogP contribution in [0.5, 0.6) is 5.75 Å². The summed E-state index contributed by atoms with van der Waals surface area (Å²) in [5.41, 5.74) is 8.43. The Balaban J connectivity index is 2.04. The molecule has 0 saturated heterocycles. The summed E-state index contributed by atoms with van der Waals surface area (Å²) in [6.07, 6.45) is 0.958. The van der Waals surface area contributed by atoms with E-state index >= 15 is 0 Å². The maximum atomic E-state index is 7.34. The van der Waals surface area contributed by atoms with Crippen LogP contribution < -0.4 is 10.5 Å². The normalized spacial score (nSPS) is 10.2. The van der Waals surface area contributed by atoms with Gasteiger partial charge in [0.15, 0.2) is 0 Å². The molecule has 0 heterocycles. The Kier molecular flexibility index (Phi) is 4.18. The van der Waals surface area contributed by atoms with E-state index in [2.05, 4.69) is 13.0 Å². The minimum Gasteiger partial charge on any atom is -0.489 e. The van der Waals surface area contributed by atoms with E-state index in [1.165, 1.54) is 5.56 Å². The molecule has 3 heteroatoms. The Morgan fingerprint density at radius 2 is 1.79 bits per heavy atom. The number of hydrogen-bond donors (Lipinski definition) is 2. The third-order valence-corrected chi connectivity index (χ3v) is 3.01. The highest BCUT2D eigenvalue weighted by atomic mass is 16.5. The van der Waals surface area contributed by atoms with Crippen molar-refractivity contribution in [3.63, 3.8) is 0 Å². The third kappa shape index (κ3) is 3.35. The lowest BCUT2D eigenvalue weighted by Crippen LogP contribution is -2.10. The van der Waals surface area contributed by atoms with E-state index in [0.29, 0.717) is 6.61 Å². The number of para-hydroxylation sites is 1. The van der Waals surface area contributed by atoms with Crippen LogP contribution >= 0.6 is 0 Å². The zero-order valence-corrected chi connectivity index (χ0v) is 11.0. The third-order valence-electron chi connectivity index (χ3n) is 3.01. The zero-order valence-electron chi connectivity index (χ0n) is 11.0. The number of benzene rings is 2. The molecule has 0 bridgehead atoms. The van der Waals surface area contributed by atoms with Crippen LogP contribution in [0.2, 0.25) is 0 Å². The average Bonchev–Trinajstić information content (AvgIpc) is 2.45. The lowest BCUT2D eigenvalue weighted by atomic mass is 10.1. The van der Waals surface area contributed by atoms with E-state index in [1.54, 1.807) is 0 Å². The van der Waals surface area contributed by atoms with Crippen molar-refractivity contribution in [2.45, 2.75) is 20.0 Å². The number of nitrogen functional groups attached to an aromatic ring is 1. The largest absolute Gasteiger partial charge is 0.489 e. The smallest absolute Gasteiger partial charge is 0.122 e.